The van der Waals surface area contributed by atoms with Gasteiger partial charge in [-0.15, -0.1) is 22.7 Å². The number of nitriles is 1. The number of aromatic nitrogens is 2. The van der Waals surface area contributed by atoms with Crippen LogP contribution in [0.1, 0.15) is 35.8 Å². The Labute approximate surface area is 285 Å². The maximum atomic E-state index is 11.9. The lowest BCUT2D eigenvalue weighted by Gasteiger charge is -2.03. The SMILES string of the molecule is C.C.N#C/C(=C\c1cc(O)c(O)c([N+](=O)[O-])c1)C(=O)Nc1nccs1.O=Cc1cc(O)c(O)c([N+](=O)[O-])c1.[C-]#[N+]CC(=O)Cc1nccs1. The fraction of sp³-hybridized carbons (Fsp3) is 0.138. The van der Waals surface area contributed by atoms with Crippen molar-refractivity contribution in [2.75, 3.05) is 11.9 Å². The number of nitrogens with zero attached hydrogens (tertiary/aromatic N) is 6. The second-order valence-electron chi connectivity index (χ2n) is 8.37. The van der Waals surface area contributed by atoms with Crippen LogP contribution in [-0.4, -0.2) is 64.8 Å². The first-order valence-electron chi connectivity index (χ1n) is 12.2. The van der Waals surface area contributed by atoms with Crippen molar-refractivity contribution < 1.29 is 44.7 Å². The maximum Gasteiger partial charge on any atom is 0.315 e. The van der Waals surface area contributed by atoms with Gasteiger partial charge in [0.2, 0.25) is 17.3 Å². The number of Topliss-reactive ketones (excluding diaryl/α,β-unsaturated/α-hetero) is 1. The molecule has 0 spiro atoms. The van der Waals surface area contributed by atoms with Crippen LogP contribution < -0.4 is 5.32 Å². The molecule has 49 heavy (non-hydrogen) atoms. The van der Waals surface area contributed by atoms with Crippen molar-refractivity contribution in [3.63, 3.8) is 0 Å². The molecule has 4 rings (SSSR count). The summed E-state index contributed by atoms with van der Waals surface area (Å²) in [5.41, 5.74) is -1.84. The van der Waals surface area contributed by atoms with Crippen LogP contribution in [0.2, 0.25) is 0 Å². The Bertz CT molecular complexity index is 1900. The molecule has 20 heteroatoms. The van der Waals surface area contributed by atoms with Crippen molar-refractivity contribution in [1.82, 2.24) is 9.97 Å². The molecule has 2 heterocycles. The monoisotopic (exact) mass is 713 g/mol. The highest BCUT2D eigenvalue weighted by atomic mass is 32.1. The number of nitro groups is 2. The van der Waals surface area contributed by atoms with Gasteiger partial charge in [0.25, 0.3) is 12.5 Å². The van der Waals surface area contributed by atoms with E-state index < -0.39 is 50.1 Å². The summed E-state index contributed by atoms with van der Waals surface area (Å²) in [5.74, 6) is -3.96. The van der Waals surface area contributed by atoms with E-state index in [1.807, 2.05) is 5.38 Å². The number of hydrogen-bond donors (Lipinski definition) is 5. The molecule has 0 saturated carbocycles. The van der Waals surface area contributed by atoms with E-state index in [-0.39, 0.29) is 49.0 Å². The number of carbonyl (C=O) groups excluding carboxylic acids is 3. The van der Waals surface area contributed by atoms with Crippen LogP contribution in [0.15, 0.2) is 53.0 Å². The molecule has 5 N–H and O–H groups in total. The highest BCUT2D eigenvalue weighted by Gasteiger charge is 2.20. The van der Waals surface area contributed by atoms with Crippen LogP contribution >= 0.6 is 22.7 Å². The minimum absolute atomic E-state index is 0. The standard InChI is InChI=1S/C13H8N4O5S.C7H6N2OS.C7H5NO5.2CH4/c14-6-8(12(20)16-13-15-1-2-23-13)3-7-4-9(17(21)22)11(19)10(18)5-7;1-8-5-6(10)4-7-9-2-3-11-7;9-3-4-1-5(8(12)13)7(11)6(10)2-4;;/h1-5,18-19H,(H,15,16,20);2-3H,4-5H2;1-3,10-11H;2*1H4/b8-3+;;;;. The molecule has 0 radical (unpaired) electrons. The van der Waals surface area contributed by atoms with Crippen molar-refractivity contribution in [1.29, 1.82) is 5.26 Å². The quantitative estimate of drug-likeness (QED) is 0.0281. The summed E-state index contributed by atoms with van der Waals surface area (Å²) in [6.07, 6.45) is 4.82. The fourth-order valence-electron chi connectivity index (χ4n) is 3.10. The fourth-order valence-corrected chi connectivity index (χ4v) is 4.27. The molecule has 0 fully saturated rings. The molecule has 0 aliphatic heterocycles. The number of rotatable bonds is 9. The van der Waals surface area contributed by atoms with Crippen LogP contribution in [0.5, 0.6) is 23.0 Å². The second kappa shape index (κ2) is 20.4. The summed E-state index contributed by atoms with van der Waals surface area (Å²) in [4.78, 5) is 63.1. The van der Waals surface area contributed by atoms with Crippen molar-refractivity contribution in [2.45, 2.75) is 21.3 Å². The zero-order chi connectivity index (χ0) is 35.1. The van der Waals surface area contributed by atoms with Crippen LogP contribution in [0.25, 0.3) is 10.9 Å². The summed E-state index contributed by atoms with van der Waals surface area (Å²) in [5, 5.41) is 73.8. The van der Waals surface area contributed by atoms with Gasteiger partial charge in [0.15, 0.2) is 16.6 Å². The van der Waals surface area contributed by atoms with Crippen molar-refractivity contribution in [3.05, 3.63) is 101 Å². The van der Waals surface area contributed by atoms with E-state index in [0.717, 1.165) is 46.7 Å². The average Bonchev–Trinajstić information content (AvgIpc) is 3.74. The van der Waals surface area contributed by atoms with E-state index in [0.29, 0.717) is 12.7 Å². The number of aldehydes is 1. The Morgan fingerprint density at radius 3 is 1.92 bits per heavy atom. The van der Waals surface area contributed by atoms with Gasteiger partial charge >= 0.3 is 11.4 Å². The molecule has 256 valence electrons. The van der Waals surface area contributed by atoms with E-state index in [2.05, 4.69) is 20.1 Å². The molecule has 18 nitrogen and oxygen atoms in total. The molecule has 0 aliphatic rings. The van der Waals surface area contributed by atoms with Crippen LogP contribution in [-0.2, 0) is 16.0 Å². The van der Waals surface area contributed by atoms with Gasteiger partial charge in [-0.3, -0.25) is 39.9 Å². The molecular weight excluding hydrogens is 686 g/mol. The molecule has 0 bridgehead atoms. The Hall–Kier alpha value is -6.77. The van der Waals surface area contributed by atoms with E-state index in [9.17, 15) is 44.8 Å². The number of thiazole rings is 2. The number of benzene rings is 2. The molecule has 0 unspecified atom stereocenters. The Morgan fingerprint density at radius 2 is 1.47 bits per heavy atom. The number of phenols is 4. The molecule has 0 atom stereocenters. The normalized spacial score (nSPS) is 9.63. The van der Waals surface area contributed by atoms with Gasteiger partial charge < -0.3 is 25.3 Å². The van der Waals surface area contributed by atoms with E-state index in [4.69, 9.17) is 22.0 Å². The second-order valence-corrected chi connectivity index (χ2v) is 10.2. The van der Waals surface area contributed by atoms with Gasteiger partial charge in [-0.1, -0.05) is 14.9 Å². The maximum absolute atomic E-state index is 11.9. The van der Waals surface area contributed by atoms with Gasteiger partial charge in [-0.05, 0) is 23.8 Å². The molecule has 0 aliphatic carbocycles. The Morgan fingerprint density at radius 1 is 0.939 bits per heavy atom. The van der Waals surface area contributed by atoms with Crippen molar-refractivity contribution in [2.24, 2.45) is 0 Å². The van der Waals surface area contributed by atoms with Crippen molar-refractivity contribution in [3.8, 4) is 29.1 Å². The lowest BCUT2D eigenvalue weighted by atomic mass is 10.1. The highest BCUT2D eigenvalue weighted by molar-refractivity contribution is 7.13. The van der Waals surface area contributed by atoms with Crippen LogP contribution in [0.3, 0.4) is 0 Å². The Balaban J connectivity index is 0.000000755. The lowest BCUT2D eigenvalue weighted by Crippen LogP contribution is -2.13. The summed E-state index contributed by atoms with van der Waals surface area (Å²) in [7, 11) is 0. The lowest BCUT2D eigenvalue weighted by molar-refractivity contribution is -0.386. The van der Waals surface area contributed by atoms with E-state index in [1.165, 1.54) is 17.5 Å². The van der Waals surface area contributed by atoms with Crippen molar-refractivity contribution >= 4 is 63.2 Å². The summed E-state index contributed by atoms with van der Waals surface area (Å²) in [6, 6.07) is 5.40. The first-order valence-corrected chi connectivity index (χ1v) is 14.0. The number of ketones is 1. The third-order valence-electron chi connectivity index (χ3n) is 5.13. The number of nitro benzene ring substituents is 2. The van der Waals surface area contributed by atoms with Gasteiger partial charge in [0.1, 0.15) is 22.9 Å². The number of anilines is 1. The molecular formula is C29H27N7O11S2. The Kier molecular flexibility index (Phi) is 17.6. The minimum atomic E-state index is -0.895. The number of hydrogen-bond acceptors (Lipinski definition) is 16. The minimum Gasteiger partial charge on any atom is -0.504 e. The molecule has 2 aromatic heterocycles. The topological polar surface area (TPSA) is 284 Å². The molecule has 0 saturated heterocycles. The first-order chi connectivity index (χ1) is 22.3. The van der Waals surface area contributed by atoms with Crippen LogP contribution in [0, 0.1) is 38.1 Å². The number of aromatic hydroxyl groups is 4. The van der Waals surface area contributed by atoms with E-state index in [1.54, 1.807) is 17.6 Å². The van der Waals surface area contributed by atoms with Gasteiger partial charge in [-0.2, -0.15) is 5.26 Å². The predicted molar refractivity (Wildman–Crippen MR) is 178 cm³/mol. The van der Waals surface area contributed by atoms with Crippen LogP contribution in [0.4, 0.5) is 16.5 Å². The van der Waals surface area contributed by atoms with E-state index >= 15 is 0 Å². The molecule has 4 aromatic rings. The third-order valence-corrected chi connectivity index (χ3v) is 6.60. The average molecular weight is 714 g/mol. The van der Waals surface area contributed by atoms with Gasteiger partial charge in [-0.25, -0.2) is 16.5 Å². The number of nitrogens with one attached hydrogen (secondary N) is 1. The summed E-state index contributed by atoms with van der Waals surface area (Å²) < 4.78 is 0. The number of amides is 1. The highest BCUT2D eigenvalue weighted by Crippen LogP contribution is 2.37. The predicted octanol–water partition coefficient (Wildman–Crippen LogP) is 5.27. The summed E-state index contributed by atoms with van der Waals surface area (Å²) >= 11 is 2.60. The largest absolute Gasteiger partial charge is 0.504 e. The number of phenolic OH excluding ortho intramolecular Hbond substituents is 4. The molecule has 1 amide bonds. The first kappa shape index (κ1) is 42.2. The molecule has 2 aromatic carbocycles. The third kappa shape index (κ3) is 12.9. The number of carbonyl (C=O) groups is 3. The zero-order valence-electron chi connectivity index (χ0n) is 23.3. The summed E-state index contributed by atoms with van der Waals surface area (Å²) in [6.45, 7) is 6.42. The smallest absolute Gasteiger partial charge is 0.315 e. The van der Waals surface area contributed by atoms with Gasteiger partial charge in [0, 0.05) is 40.8 Å². The zero-order valence-corrected chi connectivity index (χ0v) is 25.0. The van der Waals surface area contributed by atoms with Gasteiger partial charge in [0.05, 0.1) is 16.3 Å².